The van der Waals surface area contributed by atoms with Crippen LogP contribution in [0.15, 0.2) is 12.4 Å². The number of sulfonamides is 1. The van der Waals surface area contributed by atoms with Crippen molar-refractivity contribution < 1.29 is 13.2 Å². The van der Waals surface area contributed by atoms with Crippen molar-refractivity contribution in [3.8, 4) is 0 Å². The Labute approximate surface area is 114 Å². The minimum absolute atomic E-state index is 0.452. The highest BCUT2D eigenvalue weighted by atomic mass is 32.2. The highest BCUT2D eigenvalue weighted by Crippen LogP contribution is 2.18. The van der Waals surface area contributed by atoms with Crippen molar-refractivity contribution in [2.24, 2.45) is 5.92 Å². The van der Waals surface area contributed by atoms with Crippen molar-refractivity contribution in [1.82, 2.24) is 9.78 Å². The molecule has 0 aromatic carbocycles. The van der Waals surface area contributed by atoms with Gasteiger partial charge in [0.05, 0.1) is 17.1 Å². The van der Waals surface area contributed by atoms with E-state index in [1.165, 1.54) is 0 Å². The lowest BCUT2D eigenvalue weighted by molar-refractivity contribution is 0.0601. The maximum absolute atomic E-state index is 11.7. The number of anilines is 1. The Balaban J connectivity index is 1.95. The van der Waals surface area contributed by atoms with Crippen LogP contribution >= 0.6 is 0 Å². The zero-order valence-corrected chi connectivity index (χ0v) is 12.2. The van der Waals surface area contributed by atoms with Gasteiger partial charge in [0.1, 0.15) is 0 Å². The van der Waals surface area contributed by atoms with Crippen LogP contribution in [0.4, 0.5) is 5.69 Å². The second-order valence-corrected chi connectivity index (χ2v) is 7.44. The predicted octanol–water partition coefficient (Wildman–Crippen LogP) is 1.46. The van der Waals surface area contributed by atoms with Crippen LogP contribution < -0.4 is 4.72 Å². The van der Waals surface area contributed by atoms with Crippen LogP contribution in [0.2, 0.25) is 0 Å². The third kappa shape index (κ3) is 3.94. The quantitative estimate of drug-likeness (QED) is 0.890. The summed E-state index contributed by atoms with van der Waals surface area (Å²) in [6.07, 6.45) is 5.37. The molecule has 7 heteroatoms. The van der Waals surface area contributed by atoms with Crippen molar-refractivity contribution in [2.75, 3.05) is 17.9 Å². The Morgan fingerprint density at radius 3 is 2.79 bits per heavy atom. The van der Waals surface area contributed by atoms with E-state index in [0.29, 0.717) is 11.6 Å². The third-order valence-electron chi connectivity index (χ3n) is 3.30. The lowest BCUT2D eigenvalue weighted by Gasteiger charge is -2.21. The molecule has 0 bridgehead atoms. The first kappa shape index (κ1) is 14.3. The fourth-order valence-corrected chi connectivity index (χ4v) is 2.66. The number of hydrogen-bond acceptors (Lipinski definition) is 4. The lowest BCUT2D eigenvalue weighted by atomic mass is 10.0. The summed E-state index contributed by atoms with van der Waals surface area (Å²) in [5.41, 5.74) is 0.528. The van der Waals surface area contributed by atoms with E-state index in [4.69, 9.17) is 4.74 Å². The average molecular weight is 287 g/mol. The number of nitrogens with one attached hydrogen (secondary N) is 1. The van der Waals surface area contributed by atoms with Gasteiger partial charge in [-0.3, -0.25) is 9.40 Å². The highest BCUT2D eigenvalue weighted by molar-refractivity contribution is 7.93. The van der Waals surface area contributed by atoms with Crippen LogP contribution in [0.1, 0.15) is 26.7 Å². The topological polar surface area (TPSA) is 73.2 Å². The molecule has 19 heavy (non-hydrogen) atoms. The maximum atomic E-state index is 11.7. The molecule has 1 aromatic rings. The zero-order valence-electron chi connectivity index (χ0n) is 11.4. The van der Waals surface area contributed by atoms with Crippen molar-refractivity contribution in [1.29, 1.82) is 0 Å². The molecular weight excluding hydrogens is 266 g/mol. The van der Waals surface area contributed by atoms with Gasteiger partial charge in [0.25, 0.3) is 0 Å². The molecule has 0 radical (unpaired) electrons. The van der Waals surface area contributed by atoms with Gasteiger partial charge in [-0.05, 0) is 32.6 Å². The molecule has 2 rings (SSSR count). The molecule has 0 atom stereocenters. The Morgan fingerprint density at radius 1 is 1.47 bits per heavy atom. The number of nitrogens with zero attached hydrogens (tertiary/aromatic N) is 2. The average Bonchev–Trinajstić information content (AvgIpc) is 2.77. The van der Waals surface area contributed by atoms with Crippen LogP contribution in [-0.4, -0.2) is 36.7 Å². The fourth-order valence-electron chi connectivity index (χ4n) is 1.99. The largest absolute Gasteiger partial charge is 0.381 e. The Kier molecular flexibility index (Phi) is 4.46. The second-order valence-electron chi connectivity index (χ2n) is 5.20. The van der Waals surface area contributed by atoms with Crippen LogP contribution in [0, 0.1) is 5.92 Å². The molecule has 2 heterocycles. The number of ether oxygens (including phenoxy) is 1. The molecule has 1 fully saturated rings. The lowest BCUT2D eigenvalue weighted by Crippen LogP contribution is -2.22. The number of hydrogen-bond donors (Lipinski definition) is 1. The maximum Gasteiger partial charge on any atom is 0.235 e. The number of aromatic nitrogens is 2. The summed E-state index contributed by atoms with van der Waals surface area (Å²) in [7, 11) is -3.29. The molecule has 0 spiro atoms. The molecule has 1 aliphatic rings. The molecule has 1 saturated heterocycles. The molecule has 6 nitrogen and oxygen atoms in total. The van der Waals surface area contributed by atoms with Gasteiger partial charge in [-0.2, -0.15) is 5.10 Å². The van der Waals surface area contributed by atoms with Crippen LogP contribution in [0.5, 0.6) is 0 Å². The van der Waals surface area contributed by atoms with Gasteiger partial charge in [-0.25, -0.2) is 8.42 Å². The third-order valence-corrected chi connectivity index (χ3v) is 5.06. The standard InChI is InChI=1S/C12H21N3O3S/c1-10(2)19(16,17)14-12-7-13-15(9-12)8-11-3-5-18-6-4-11/h7,9-11,14H,3-6,8H2,1-2H3. The van der Waals surface area contributed by atoms with Crippen molar-refractivity contribution >= 4 is 15.7 Å². The van der Waals surface area contributed by atoms with Crippen LogP contribution in [0.3, 0.4) is 0 Å². The molecule has 1 aromatic heterocycles. The van der Waals surface area contributed by atoms with Gasteiger partial charge in [0, 0.05) is 26.0 Å². The monoisotopic (exact) mass is 287 g/mol. The van der Waals surface area contributed by atoms with Gasteiger partial charge < -0.3 is 4.74 Å². The molecule has 0 saturated carbocycles. The Morgan fingerprint density at radius 2 is 2.16 bits per heavy atom. The highest BCUT2D eigenvalue weighted by Gasteiger charge is 2.18. The summed E-state index contributed by atoms with van der Waals surface area (Å²) < 4.78 is 33.1. The van der Waals surface area contributed by atoms with Crippen LogP contribution in [0.25, 0.3) is 0 Å². The summed E-state index contributed by atoms with van der Waals surface area (Å²) in [5, 5.41) is 3.75. The summed E-state index contributed by atoms with van der Waals surface area (Å²) in [6, 6.07) is 0. The first-order chi connectivity index (χ1) is 8.97. The molecule has 0 amide bonds. The van der Waals surface area contributed by atoms with E-state index >= 15 is 0 Å². The summed E-state index contributed by atoms with van der Waals surface area (Å²) in [6.45, 7) is 5.72. The molecule has 1 N–H and O–H groups in total. The SMILES string of the molecule is CC(C)S(=O)(=O)Nc1cnn(CC2CCOCC2)c1. The van der Waals surface area contributed by atoms with Crippen molar-refractivity contribution in [3.05, 3.63) is 12.4 Å². The van der Waals surface area contributed by atoms with Crippen molar-refractivity contribution in [3.63, 3.8) is 0 Å². The molecule has 0 unspecified atom stereocenters. The normalized spacial score (nSPS) is 17.8. The second kappa shape index (κ2) is 5.92. The smallest absolute Gasteiger partial charge is 0.235 e. The van der Waals surface area contributed by atoms with Crippen molar-refractivity contribution in [2.45, 2.75) is 38.5 Å². The van der Waals surface area contributed by atoms with Gasteiger partial charge in [-0.15, -0.1) is 0 Å². The van der Waals surface area contributed by atoms with E-state index in [9.17, 15) is 8.42 Å². The van der Waals surface area contributed by atoms with E-state index < -0.39 is 15.3 Å². The Bertz CT molecular complexity index is 504. The minimum Gasteiger partial charge on any atom is -0.381 e. The number of rotatable bonds is 5. The van der Waals surface area contributed by atoms with Gasteiger partial charge in [0.2, 0.25) is 10.0 Å². The first-order valence-electron chi connectivity index (χ1n) is 6.59. The van der Waals surface area contributed by atoms with E-state index in [2.05, 4.69) is 9.82 Å². The van der Waals surface area contributed by atoms with Crippen LogP contribution in [-0.2, 0) is 21.3 Å². The predicted molar refractivity (Wildman–Crippen MR) is 73.4 cm³/mol. The van der Waals surface area contributed by atoms with Gasteiger partial charge >= 0.3 is 0 Å². The first-order valence-corrected chi connectivity index (χ1v) is 8.14. The molecular formula is C12H21N3O3S. The van der Waals surface area contributed by atoms with Gasteiger partial charge in [0.15, 0.2) is 0 Å². The van der Waals surface area contributed by atoms with E-state index in [-0.39, 0.29) is 0 Å². The zero-order chi connectivity index (χ0) is 13.9. The molecule has 108 valence electrons. The summed E-state index contributed by atoms with van der Waals surface area (Å²) in [4.78, 5) is 0. The Hall–Kier alpha value is -1.08. The van der Waals surface area contributed by atoms with E-state index in [1.54, 1.807) is 30.9 Å². The van der Waals surface area contributed by atoms with Gasteiger partial charge in [-0.1, -0.05) is 0 Å². The fraction of sp³-hybridized carbons (Fsp3) is 0.750. The van der Waals surface area contributed by atoms with E-state index in [0.717, 1.165) is 32.6 Å². The summed E-state index contributed by atoms with van der Waals surface area (Å²) in [5.74, 6) is 0.559. The minimum atomic E-state index is -3.29. The molecule has 1 aliphatic heterocycles. The summed E-state index contributed by atoms with van der Waals surface area (Å²) >= 11 is 0. The van der Waals surface area contributed by atoms with E-state index in [1.807, 2.05) is 0 Å². The molecule has 0 aliphatic carbocycles.